The van der Waals surface area contributed by atoms with Crippen molar-refractivity contribution >= 4 is 11.8 Å². The molecular formula is C11H14N2O4. The standard InChI is InChI=1S/C11H14N2O4/c12-10(16)7-2-1-3-8(6-7)11(17)13-5-4-9(14)15/h1-3,6,9,14-15H,4-5H2,(H2,12,16)(H,13,17). The first kappa shape index (κ1) is 13.1. The lowest BCUT2D eigenvalue weighted by molar-refractivity contribution is -0.0440. The molecule has 17 heavy (non-hydrogen) atoms. The van der Waals surface area contributed by atoms with Gasteiger partial charge in [-0.25, -0.2) is 0 Å². The molecule has 0 saturated carbocycles. The molecular weight excluding hydrogens is 224 g/mol. The molecule has 0 aromatic heterocycles. The highest BCUT2D eigenvalue weighted by atomic mass is 16.5. The van der Waals surface area contributed by atoms with Gasteiger partial charge in [-0.2, -0.15) is 0 Å². The maximum Gasteiger partial charge on any atom is 0.251 e. The number of nitrogens with one attached hydrogen (secondary N) is 1. The molecule has 0 atom stereocenters. The summed E-state index contributed by atoms with van der Waals surface area (Å²) < 4.78 is 0. The van der Waals surface area contributed by atoms with Crippen molar-refractivity contribution in [3.8, 4) is 0 Å². The Hall–Kier alpha value is -1.92. The van der Waals surface area contributed by atoms with Crippen molar-refractivity contribution in [2.75, 3.05) is 6.54 Å². The number of aliphatic hydroxyl groups is 2. The van der Waals surface area contributed by atoms with Crippen LogP contribution in [0.2, 0.25) is 0 Å². The van der Waals surface area contributed by atoms with Crippen molar-refractivity contribution in [3.63, 3.8) is 0 Å². The molecule has 0 aliphatic rings. The van der Waals surface area contributed by atoms with E-state index in [9.17, 15) is 9.59 Å². The summed E-state index contributed by atoms with van der Waals surface area (Å²) >= 11 is 0. The Morgan fingerprint density at radius 1 is 1.29 bits per heavy atom. The third-order valence-corrected chi connectivity index (χ3v) is 2.10. The molecule has 2 amide bonds. The van der Waals surface area contributed by atoms with E-state index < -0.39 is 18.1 Å². The van der Waals surface area contributed by atoms with Gasteiger partial charge >= 0.3 is 0 Å². The summed E-state index contributed by atoms with van der Waals surface area (Å²) in [6.45, 7) is 0.136. The molecule has 1 rings (SSSR count). The van der Waals surface area contributed by atoms with Gasteiger partial charge in [-0.1, -0.05) is 6.07 Å². The third-order valence-electron chi connectivity index (χ3n) is 2.10. The Bertz CT molecular complexity index is 418. The van der Waals surface area contributed by atoms with Crippen LogP contribution in [0.1, 0.15) is 27.1 Å². The summed E-state index contributed by atoms with van der Waals surface area (Å²) in [5.41, 5.74) is 5.64. The fourth-order valence-corrected chi connectivity index (χ4v) is 1.23. The third kappa shape index (κ3) is 4.21. The number of hydrogen-bond acceptors (Lipinski definition) is 4. The van der Waals surface area contributed by atoms with Crippen LogP contribution in [-0.4, -0.2) is 34.9 Å². The Morgan fingerprint density at radius 2 is 1.94 bits per heavy atom. The minimum atomic E-state index is -1.45. The van der Waals surface area contributed by atoms with E-state index in [1.54, 1.807) is 6.07 Å². The molecule has 0 spiro atoms. The van der Waals surface area contributed by atoms with Gasteiger partial charge in [0.25, 0.3) is 5.91 Å². The van der Waals surface area contributed by atoms with Crippen molar-refractivity contribution in [2.45, 2.75) is 12.7 Å². The number of benzene rings is 1. The van der Waals surface area contributed by atoms with Crippen LogP contribution in [0, 0.1) is 0 Å². The van der Waals surface area contributed by atoms with E-state index in [1.165, 1.54) is 18.2 Å². The summed E-state index contributed by atoms with van der Waals surface area (Å²) in [4.78, 5) is 22.5. The lowest BCUT2D eigenvalue weighted by Gasteiger charge is -2.06. The Kier molecular flexibility index (Phi) is 4.62. The summed E-state index contributed by atoms with van der Waals surface area (Å²) in [5.74, 6) is -1.00. The number of rotatable bonds is 5. The second kappa shape index (κ2) is 5.97. The number of aliphatic hydroxyl groups excluding tert-OH is 1. The molecule has 1 aromatic rings. The molecule has 0 bridgehead atoms. The minimum absolute atomic E-state index is 0.0429. The molecule has 0 radical (unpaired) electrons. The summed E-state index contributed by atoms with van der Waals surface area (Å²) in [5, 5.41) is 19.7. The second-order valence-electron chi connectivity index (χ2n) is 3.47. The highest BCUT2D eigenvalue weighted by Gasteiger charge is 2.08. The van der Waals surface area contributed by atoms with E-state index in [0.29, 0.717) is 5.56 Å². The van der Waals surface area contributed by atoms with Crippen molar-refractivity contribution in [3.05, 3.63) is 35.4 Å². The van der Waals surface area contributed by atoms with E-state index in [4.69, 9.17) is 15.9 Å². The van der Waals surface area contributed by atoms with Crippen LogP contribution in [0.25, 0.3) is 0 Å². The predicted octanol–water partition coefficient (Wildman–Crippen LogP) is -0.784. The first-order valence-corrected chi connectivity index (χ1v) is 5.05. The predicted molar refractivity (Wildman–Crippen MR) is 60.1 cm³/mol. The van der Waals surface area contributed by atoms with Gasteiger partial charge in [0, 0.05) is 24.1 Å². The van der Waals surface area contributed by atoms with Crippen LogP contribution in [-0.2, 0) is 0 Å². The highest BCUT2D eigenvalue weighted by Crippen LogP contribution is 2.04. The van der Waals surface area contributed by atoms with Gasteiger partial charge in [-0.15, -0.1) is 0 Å². The molecule has 5 N–H and O–H groups in total. The lowest BCUT2D eigenvalue weighted by atomic mass is 10.1. The van der Waals surface area contributed by atoms with Gasteiger partial charge in [-0.05, 0) is 18.2 Å². The number of primary amides is 1. The van der Waals surface area contributed by atoms with Gasteiger partial charge in [0.05, 0.1) is 0 Å². The number of hydrogen-bond donors (Lipinski definition) is 4. The van der Waals surface area contributed by atoms with Gasteiger partial charge in [0.1, 0.15) is 0 Å². The van der Waals surface area contributed by atoms with Crippen LogP contribution in [0.5, 0.6) is 0 Å². The number of carbonyl (C=O) groups excluding carboxylic acids is 2. The Labute approximate surface area is 98.1 Å². The minimum Gasteiger partial charge on any atom is -0.368 e. The Morgan fingerprint density at radius 3 is 2.53 bits per heavy atom. The van der Waals surface area contributed by atoms with E-state index in [-0.39, 0.29) is 18.5 Å². The lowest BCUT2D eigenvalue weighted by Crippen LogP contribution is -2.27. The molecule has 92 valence electrons. The number of carbonyl (C=O) groups is 2. The fourth-order valence-electron chi connectivity index (χ4n) is 1.23. The fraction of sp³-hybridized carbons (Fsp3) is 0.273. The van der Waals surface area contributed by atoms with Gasteiger partial charge in [0.15, 0.2) is 6.29 Å². The van der Waals surface area contributed by atoms with Gasteiger partial charge in [-0.3, -0.25) is 9.59 Å². The molecule has 0 heterocycles. The molecule has 0 aliphatic carbocycles. The normalized spacial score (nSPS) is 10.3. The molecule has 0 unspecified atom stereocenters. The maximum absolute atomic E-state index is 11.6. The van der Waals surface area contributed by atoms with Crippen molar-refractivity contribution in [2.24, 2.45) is 5.73 Å². The van der Waals surface area contributed by atoms with Crippen LogP contribution in [0.15, 0.2) is 24.3 Å². The number of nitrogens with two attached hydrogens (primary N) is 1. The van der Waals surface area contributed by atoms with Crippen molar-refractivity contribution in [1.82, 2.24) is 5.32 Å². The number of amides is 2. The smallest absolute Gasteiger partial charge is 0.251 e. The highest BCUT2D eigenvalue weighted by molar-refractivity contribution is 5.99. The topological polar surface area (TPSA) is 113 Å². The zero-order valence-electron chi connectivity index (χ0n) is 9.09. The summed E-state index contributed by atoms with van der Waals surface area (Å²) in [6.07, 6.45) is -1.41. The van der Waals surface area contributed by atoms with Crippen LogP contribution in [0.3, 0.4) is 0 Å². The molecule has 1 aromatic carbocycles. The Balaban J connectivity index is 2.63. The van der Waals surface area contributed by atoms with Crippen LogP contribution < -0.4 is 11.1 Å². The van der Waals surface area contributed by atoms with E-state index >= 15 is 0 Å². The monoisotopic (exact) mass is 238 g/mol. The van der Waals surface area contributed by atoms with Crippen molar-refractivity contribution in [1.29, 1.82) is 0 Å². The van der Waals surface area contributed by atoms with E-state index in [2.05, 4.69) is 5.32 Å². The van der Waals surface area contributed by atoms with E-state index in [1.807, 2.05) is 0 Å². The maximum atomic E-state index is 11.6. The largest absolute Gasteiger partial charge is 0.368 e. The summed E-state index contributed by atoms with van der Waals surface area (Å²) in [7, 11) is 0. The van der Waals surface area contributed by atoms with Gasteiger partial charge in [0.2, 0.25) is 5.91 Å². The second-order valence-corrected chi connectivity index (χ2v) is 3.47. The van der Waals surface area contributed by atoms with Crippen molar-refractivity contribution < 1.29 is 19.8 Å². The quantitative estimate of drug-likeness (QED) is 0.504. The van der Waals surface area contributed by atoms with Gasteiger partial charge < -0.3 is 21.3 Å². The molecule has 6 nitrogen and oxygen atoms in total. The first-order chi connectivity index (χ1) is 8.00. The average molecular weight is 238 g/mol. The molecule has 6 heteroatoms. The molecule has 0 saturated heterocycles. The van der Waals surface area contributed by atoms with Crippen LogP contribution in [0.4, 0.5) is 0 Å². The van der Waals surface area contributed by atoms with Crippen LogP contribution >= 0.6 is 0 Å². The zero-order valence-corrected chi connectivity index (χ0v) is 9.09. The average Bonchev–Trinajstić information content (AvgIpc) is 2.28. The SMILES string of the molecule is NC(=O)c1cccc(C(=O)NCCC(O)O)c1. The molecule has 0 aliphatic heterocycles. The van der Waals surface area contributed by atoms with E-state index in [0.717, 1.165) is 0 Å². The first-order valence-electron chi connectivity index (χ1n) is 5.05. The molecule has 0 fully saturated rings. The zero-order chi connectivity index (χ0) is 12.8. The summed E-state index contributed by atoms with van der Waals surface area (Å²) in [6, 6.07) is 5.98.